The normalized spacial score (nSPS) is 10.3. The molecule has 2 nitrogen and oxygen atoms in total. The Labute approximate surface area is 123 Å². The number of rotatable bonds is 3. The van der Waals surface area contributed by atoms with Crippen LogP contribution in [0.3, 0.4) is 0 Å². The quantitative estimate of drug-likeness (QED) is 0.768. The van der Waals surface area contributed by atoms with Crippen LogP contribution in [0.25, 0.3) is 0 Å². The van der Waals surface area contributed by atoms with E-state index in [1.807, 2.05) is 0 Å². The summed E-state index contributed by atoms with van der Waals surface area (Å²) in [6.45, 7) is 0. The molecular formula is C14H9BrClFO2. The SMILES string of the molecule is COc1ccc(C(=O)c2ccc(Cl)c(F)c2)cc1Br. The van der Waals surface area contributed by atoms with Crippen LogP contribution in [0.4, 0.5) is 4.39 Å². The third-order valence-electron chi connectivity index (χ3n) is 2.60. The van der Waals surface area contributed by atoms with Crippen molar-refractivity contribution in [3.05, 3.63) is 62.8 Å². The molecule has 0 aromatic heterocycles. The summed E-state index contributed by atoms with van der Waals surface area (Å²) in [5.41, 5.74) is 0.688. The van der Waals surface area contributed by atoms with Crippen LogP contribution in [0.2, 0.25) is 5.02 Å². The maximum absolute atomic E-state index is 13.3. The number of hydrogen-bond acceptors (Lipinski definition) is 2. The van der Waals surface area contributed by atoms with Crippen molar-refractivity contribution in [2.75, 3.05) is 7.11 Å². The smallest absolute Gasteiger partial charge is 0.193 e. The number of halogens is 3. The predicted octanol–water partition coefficient (Wildman–Crippen LogP) is 4.48. The fourth-order valence-corrected chi connectivity index (χ4v) is 2.27. The van der Waals surface area contributed by atoms with Crippen LogP contribution in [0, 0.1) is 5.82 Å². The van der Waals surface area contributed by atoms with E-state index in [1.54, 1.807) is 18.2 Å². The van der Waals surface area contributed by atoms with Gasteiger partial charge in [-0.25, -0.2) is 4.39 Å². The topological polar surface area (TPSA) is 26.3 Å². The molecule has 0 aliphatic carbocycles. The maximum Gasteiger partial charge on any atom is 0.193 e. The minimum absolute atomic E-state index is 0.00698. The van der Waals surface area contributed by atoms with Gasteiger partial charge in [0.2, 0.25) is 0 Å². The van der Waals surface area contributed by atoms with Crippen LogP contribution in [0.5, 0.6) is 5.75 Å². The number of ether oxygens (including phenoxy) is 1. The fourth-order valence-electron chi connectivity index (χ4n) is 1.61. The molecule has 0 heterocycles. The largest absolute Gasteiger partial charge is 0.496 e. The van der Waals surface area contributed by atoms with Gasteiger partial charge in [-0.3, -0.25) is 4.79 Å². The zero-order valence-corrected chi connectivity index (χ0v) is 12.3. The van der Waals surface area contributed by atoms with Crippen LogP contribution < -0.4 is 4.74 Å². The lowest BCUT2D eigenvalue weighted by Gasteiger charge is -2.06. The van der Waals surface area contributed by atoms with Crippen LogP contribution in [0.1, 0.15) is 15.9 Å². The molecule has 0 radical (unpaired) electrons. The molecule has 0 atom stereocenters. The molecular weight excluding hydrogens is 335 g/mol. The lowest BCUT2D eigenvalue weighted by Crippen LogP contribution is -2.02. The molecule has 0 saturated heterocycles. The lowest BCUT2D eigenvalue weighted by molar-refractivity contribution is 0.103. The molecule has 0 aliphatic heterocycles. The van der Waals surface area contributed by atoms with E-state index in [9.17, 15) is 9.18 Å². The van der Waals surface area contributed by atoms with Gasteiger partial charge in [-0.1, -0.05) is 11.6 Å². The average molecular weight is 344 g/mol. The molecule has 0 unspecified atom stereocenters. The molecule has 0 N–H and O–H groups in total. The van der Waals surface area contributed by atoms with E-state index < -0.39 is 5.82 Å². The van der Waals surface area contributed by atoms with Gasteiger partial charge in [-0.2, -0.15) is 0 Å². The van der Waals surface area contributed by atoms with E-state index in [0.29, 0.717) is 15.8 Å². The Kier molecular flexibility index (Phi) is 4.22. The molecule has 2 aromatic carbocycles. The molecule has 0 saturated carbocycles. The summed E-state index contributed by atoms with van der Waals surface area (Å²) in [5.74, 6) is -0.266. The maximum atomic E-state index is 13.3. The van der Waals surface area contributed by atoms with Gasteiger partial charge in [0.25, 0.3) is 0 Å². The standard InChI is InChI=1S/C14H9BrClFO2/c1-19-13-5-3-8(6-10(13)15)14(18)9-2-4-11(16)12(17)7-9/h2-7H,1H3. The molecule has 0 fully saturated rings. The Hall–Kier alpha value is -1.39. The minimum Gasteiger partial charge on any atom is -0.496 e. The van der Waals surface area contributed by atoms with Crippen molar-refractivity contribution in [3.63, 3.8) is 0 Å². The second-order valence-corrected chi connectivity index (χ2v) is 5.07. The number of methoxy groups -OCH3 is 1. The van der Waals surface area contributed by atoms with Gasteiger partial charge in [0.05, 0.1) is 16.6 Å². The predicted molar refractivity (Wildman–Crippen MR) is 75.5 cm³/mol. The number of hydrogen-bond donors (Lipinski definition) is 0. The second-order valence-electron chi connectivity index (χ2n) is 3.81. The highest BCUT2D eigenvalue weighted by atomic mass is 79.9. The van der Waals surface area contributed by atoms with Crippen molar-refractivity contribution >= 4 is 33.3 Å². The third kappa shape index (κ3) is 2.96. The monoisotopic (exact) mass is 342 g/mol. The van der Waals surface area contributed by atoms with E-state index in [4.69, 9.17) is 16.3 Å². The molecule has 0 spiro atoms. The Bertz CT molecular complexity index is 643. The molecule has 2 rings (SSSR count). The van der Waals surface area contributed by atoms with Crippen LogP contribution >= 0.6 is 27.5 Å². The highest BCUT2D eigenvalue weighted by molar-refractivity contribution is 9.10. The molecule has 0 amide bonds. The average Bonchev–Trinajstić information content (AvgIpc) is 2.41. The summed E-state index contributed by atoms with van der Waals surface area (Å²) < 4.78 is 19.1. The van der Waals surface area contributed by atoms with Gasteiger partial charge in [-0.05, 0) is 52.3 Å². The second kappa shape index (κ2) is 5.72. The van der Waals surface area contributed by atoms with Crippen molar-refractivity contribution in [2.45, 2.75) is 0 Å². The number of benzene rings is 2. The van der Waals surface area contributed by atoms with Crippen molar-refractivity contribution in [2.24, 2.45) is 0 Å². The van der Waals surface area contributed by atoms with Crippen LogP contribution in [0.15, 0.2) is 40.9 Å². The minimum atomic E-state index is -0.611. The summed E-state index contributed by atoms with van der Waals surface area (Å²) in [5, 5.41) is -0.00698. The molecule has 98 valence electrons. The Balaban J connectivity index is 2.38. The summed E-state index contributed by atoms with van der Waals surface area (Å²) in [4.78, 5) is 12.2. The van der Waals surface area contributed by atoms with Crippen LogP contribution in [-0.4, -0.2) is 12.9 Å². The summed E-state index contributed by atoms with van der Waals surface area (Å²) in [6, 6.07) is 8.91. The molecule has 5 heteroatoms. The van der Waals surface area contributed by atoms with Gasteiger partial charge in [0.1, 0.15) is 11.6 Å². The first-order chi connectivity index (χ1) is 9.02. The summed E-state index contributed by atoms with van der Waals surface area (Å²) in [7, 11) is 1.54. The van der Waals surface area contributed by atoms with Gasteiger partial charge in [0.15, 0.2) is 5.78 Å². The number of ketones is 1. The van der Waals surface area contributed by atoms with Crippen molar-refractivity contribution < 1.29 is 13.9 Å². The highest BCUT2D eigenvalue weighted by Gasteiger charge is 2.13. The summed E-state index contributed by atoms with van der Waals surface area (Å²) in [6.07, 6.45) is 0. The highest BCUT2D eigenvalue weighted by Crippen LogP contribution is 2.27. The van der Waals surface area contributed by atoms with E-state index in [2.05, 4.69) is 15.9 Å². The van der Waals surface area contributed by atoms with Crippen molar-refractivity contribution in [1.82, 2.24) is 0 Å². The summed E-state index contributed by atoms with van der Waals surface area (Å²) >= 11 is 8.89. The first-order valence-electron chi connectivity index (χ1n) is 5.36. The lowest BCUT2D eigenvalue weighted by atomic mass is 10.0. The fraction of sp³-hybridized carbons (Fsp3) is 0.0714. The van der Waals surface area contributed by atoms with E-state index in [1.165, 1.54) is 19.2 Å². The molecule has 19 heavy (non-hydrogen) atoms. The Morgan fingerprint density at radius 3 is 2.42 bits per heavy atom. The number of carbonyl (C=O) groups is 1. The third-order valence-corrected chi connectivity index (χ3v) is 3.52. The van der Waals surface area contributed by atoms with Gasteiger partial charge >= 0.3 is 0 Å². The van der Waals surface area contributed by atoms with E-state index in [-0.39, 0.29) is 16.4 Å². The van der Waals surface area contributed by atoms with Gasteiger partial charge in [-0.15, -0.1) is 0 Å². The number of carbonyl (C=O) groups excluding carboxylic acids is 1. The van der Waals surface area contributed by atoms with Crippen molar-refractivity contribution in [3.8, 4) is 5.75 Å². The molecule has 2 aromatic rings. The van der Waals surface area contributed by atoms with Gasteiger partial charge in [0, 0.05) is 11.1 Å². The molecule has 0 bridgehead atoms. The first-order valence-corrected chi connectivity index (χ1v) is 6.53. The van der Waals surface area contributed by atoms with E-state index >= 15 is 0 Å². The zero-order chi connectivity index (χ0) is 14.0. The molecule has 0 aliphatic rings. The van der Waals surface area contributed by atoms with Crippen molar-refractivity contribution in [1.29, 1.82) is 0 Å². The Morgan fingerprint density at radius 2 is 1.84 bits per heavy atom. The van der Waals surface area contributed by atoms with Crippen LogP contribution in [-0.2, 0) is 0 Å². The Morgan fingerprint density at radius 1 is 1.21 bits per heavy atom. The zero-order valence-electron chi connectivity index (χ0n) is 9.91. The first kappa shape index (κ1) is 14.0. The van der Waals surface area contributed by atoms with Gasteiger partial charge < -0.3 is 4.74 Å². The van der Waals surface area contributed by atoms with E-state index in [0.717, 1.165) is 6.07 Å².